The van der Waals surface area contributed by atoms with E-state index in [1.807, 2.05) is 0 Å². The average Bonchev–Trinajstić information content (AvgIpc) is 1.46. The smallest absolute Gasteiger partial charge is 0.252 e. The standard InChI is InChI=1S/C93H86BN3/c1-88(2,3)59-37-43-62(44-38-59)95(63-45-39-60(40-46-63)89(4,5)6)66-48-50-79-82(56-66)97(65-47-49-72-69-24-16-19-31-75(69)91(10,11)78(72)55-65)84-54-61(90(7,8)9)53-83-87(84)94(79)80-52-58(68-28-23-30-74-71-26-18-21-33-77(71)93(14,15)86(68)74)36-51-81(80)96(83)64-41-34-57(35-42-64)67-27-22-29-73-70-25-17-20-32-76(70)92(12,13)85(67)73/h16-56H,1-15H3. The molecule has 0 amide bonds. The van der Waals surface area contributed by atoms with E-state index in [0.717, 1.165) is 28.4 Å². The van der Waals surface area contributed by atoms with Gasteiger partial charge in [-0.15, -0.1) is 0 Å². The van der Waals surface area contributed by atoms with Crippen molar-refractivity contribution in [3.63, 3.8) is 0 Å². The maximum Gasteiger partial charge on any atom is 0.252 e. The van der Waals surface area contributed by atoms with Crippen LogP contribution in [0.3, 0.4) is 0 Å². The van der Waals surface area contributed by atoms with E-state index >= 15 is 0 Å². The van der Waals surface area contributed by atoms with Crippen molar-refractivity contribution in [2.45, 2.75) is 136 Å². The fraction of sp³-hybridized carbons (Fsp3) is 0.226. The van der Waals surface area contributed by atoms with Crippen molar-refractivity contribution in [1.29, 1.82) is 0 Å². The first-order valence-corrected chi connectivity index (χ1v) is 35.2. The molecule has 3 nitrogen and oxygen atoms in total. The van der Waals surface area contributed by atoms with Crippen LogP contribution in [0.25, 0.3) is 55.6 Å². The minimum absolute atomic E-state index is 0.00164. The number of hydrogen-bond donors (Lipinski definition) is 0. The Morgan fingerprint density at radius 3 is 1.24 bits per heavy atom. The molecule has 0 aromatic heterocycles. The van der Waals surface area contributed by atoms with Gasteiger partial charge in [-0.05, 0) is 217 Å². The normalized spacial score (nSPS) is 15.4. The summed E-state index contributed by atoms with van der Waals surface area (Å²) in [6, 6.07) is 96.7. The van der Waals surface area contributed by atoms with Crippen molar-refractivity contribution in [3.8, 4) is 55.6 Å². The Kier molecular flexibility index (Phi) is 13.2. The Labute approximate surface area is 576 Å². The molecule has 4 heteroatoms. The van der Waals surface area contributed by atoms with Crippen molar-refractivity contribution in [2.75, 3.05) is 14.7 Å². The van der Waals surface area contributed by atoms with Crippen LogP contribution in [0, 0.1) is 0 Å². The van der Waals surface area contributed by atoms with Gasteiger partial charge in [-0.2, -0.15) is 0 Å². The van der Waals surface area contributed by atoms with Crippen LogP contribution in [0.4, 0.5) is 51.2 Å². The van der Waals surface area contributed by atoms with Gasteiger partial charge in [0, 0.05) is 67.4 Å². The van der Waals surface area contributed by atoms with E-state index in [4.69, 9.17) is 0 Å². The molecule has 2 heterocycles. The van der Waals surface area contributed by atoms with E-state index in [9.17, 15) is 0 Å². The lowest BCUT2D eigenvalue weighted by Crippen LogP contribution is -2.61. The molecule has 0 atom stereocenters. The average molecular weight is 1260 g/mol. The molecular formula is C93H86BN3. The number of fused-ring (bicyclic) bond motifs is 13. The molecule has 0 saturated heterocycles. The molecule has 0 fully saturated rings. The molecule has 0 saturated carbocycles. The van der Waals surface area contributed by atoms with Crippen LogP contribution in [-0.4, -0.2) is 6.71 Å². The first-order valence-electron chi connectivity index (χ1n) is 35.2. The van der Waals surface area contributed by atoms with Crippen LogP contribution in [-0.2, 0) is 32.5 Å². The zero-order chi connectivity index (χ0) is 67.2. The second kappa shape index (κ2) is 21.1. The van der Waals surface area contributed by atoms with Gasteiger partial charge in [-0.3, -0.25) is 0 Å². The molecule has 476 valence electrons. The fourth-order valence-electron chi connectivity index (χ4n) is 17.7. The predicted octanol–water partition coefficient (Wildman–Crippen LogP) is 23.4. The summed E-state index contributed by atoms with van der Waals surface area (Å²) in [4.78, 5) is 7.79. The molecule has 0 bridgehead atoms. The summed E-state index contributed by atoms with van der Waals surface area (Å²) in [6.45, 7) is 35.3. The zero-order valence-corrected chi connectivity index (χ0v) is 59.1. The van der Waals surface area contributed by atoms with Gasteiger partial charge in [-0.25, -0.2) is 0 Å². The molecule has 0 radical (unpaired) electrons. The Bertz CT molecular complexity index is 5190. The maximum atomic E-state index is 2.67. The minimum Gasteiger partial charge on any atom is -0.311 e. The highest BCUT2D eigenvalue weighted by Crippen LogP contribution is 2.57. The highest BCUT2D eigenvalue weighted by Gasteiger charge is 2.47. The van der Waals surface area contributed by atoms with Crippen LogP contribution < -0.4 is 31.1 Å². The van der Waals surface area contributed by atoms with Crippen molar-refractivity contribution >= 4 is 74.3 Å². The molecule has 0 unspecified atom stereocenters. The number of anilines is 9. The van der Waals surface area contributed by atoms with Gasteiger partial charge < -0.3 is 14.7 Å². The summed E-state index contributed by atoms with van der Waals surface area (Å²) >= 11 is 0. The van der Waals surface area contributed by atoms with Crippen molar-refractivity contribution in [1.82, 2.24) is 0 Å². The van der Waals surface area contributed by atoms with Crippen LogP contribution in [0.1, 0.15) is 154 Å². The Morgan fingerprint density at radius 2 is 0.711 bits per heavy atom. The van der Waals surface area contributed by atoms with Crippen LogP contribution in [0.2, 0.25) is 0 Å². The summed E-state index contributed by atoms with van der Waals surface area (Å²) in [5, 5.41) is 0. The molecule has 3 aliphatic carbocycles. The van der Waals surface area contributed by atoms with E-state index in [1.54, 1.807) is 0 Å². The van der Waals surface area contributed by atoms with E-state index in [1.165, 1.54) is 145 Å². The highest BCUT2D eigenvalue weighted by atomic mass is 15.2. The van der Waals surface area contributed by atoms with Gasteiger partial charge >= 0.3 is 0 Å². The van der Waals surface area contributed by atoms with E-state index in [0.29, 0.717) is 0 Å². The van der Waals surface area contributed by atoms with Gasteiger partial charge in [0.05, 0.1) is 0 Å². The lowest BCUT2D eigenvalue weighted by atomic mass is 9.33. The van der Waals surface area contributed by atoms with Gasteiger partial charge in [0.2, 0.25) is 0 Å². The lowest BCUT2D eigenvalue weighted by molar-refractivity contribution is 0.590. The predicted molar refractivity (Wildman–Crippen MR) is 415 cm³/mol. The number of hydrogen-bond acceptors (Lipinski definition) is 3. The van der Waals surface area contributed by atoms with Crippen LogP contribution in [0.15, 0.2) is 249 Å². The summed E-state index contributed by atoms with van der Waals surface area (Å²) in [5.41, 5.74) is 38.6. The third-order valence-corrected chi connectivity index (χ3v) is 22.9. The summed E-state index contributed by atoms with van der Waals surface area (Å²) in [5.74, 6) is 0. The van der Waals surface area contributed by atoms with E-state index < -0.39 is 0 Å². The highest BCUT2D eigenvalue weighted by molar-refractivity contribution is 7.00. The molecular weight excluding hydrogens is 1170 g/mol. The van der Waals surface area contributed by atoms with Crippen LogP contribution >= 0.6 is 0 Å². The van der Waals surface area contributed by atoms with Crippen LogP contribution in [0.5, 0.6) is 0 Å². The Balaban J connectivity index is 0.932. The summed E-state index contributed by atoms with van der Waals surface area (Å²) in [6.07, 6.45) is 0. The molecule has 12 aromatic carbocycles. The number of nitrogens with zero attached hydrogens (tertiary/aromatic N) is 3. The number of rotatable bonds is 7. The largest absolute Gasteiger partial charge is 0.311 e. The lowest BCUT2D eigenvalue weighted by Gasteiger charge is -2.45. The third-order valence-electron chi connectivity index (χ3n) is 22.9. The molecule has 5 aliphatic rings. The zero-order valence-electron chi connectivity index (χ0n) is 59.1. The maximum absolute atomic E-state index is 2.67. The van der Waals surface area contributed by atoms with E-state index in [2.05, 4.69) is 367 Å². The number of benzene rings is 12. The van der Waals surface area contributed by atoms with E-state index in [-0.39, 0.29) is 39.2 Å². The third kappa shape index (κ3) is 9.14. The fourth-order valence-corrected chi connectivity index (χ4v) is 17.7. The van der Waals surface area contributed by atoms with Gasteiger partial charge in [0.1, 0.15) is 0 Å². The Morgan fingerprint density at radius 1 is 0.289 bits per heavy atom. The van der Waals surface area contributed by atoms with Gasteiger partial charge in [-0.1, -0.05) is 274 Å². The SMILES string of the molecule is CC(C)(C)c1ccc(N(c2ccc(C(C)(C)C)cc2)c2ccc3c(c2)N(c2ccc4c(c2)C(C)(C)c2ccccc2-4)c2cc(C(C)(C)C)cc4c2B3c2cc(-c3cccc5c3C(C)(C)c3ccccc3-5)ccc2N4c2ccc(-c3cccc4c3C(C)(C)c3ccccc3-4)cc2)cc1. The van der Waals surface area contributed by atoms with Gasteiger partial charge in [0.15, 0.2) is 0 Å². The molecule has 2 aliphatic heterocycles. The quantitative estimate of drug-likeness (QED) is 0.147. The van der Waals surface area contributed by atoms with Gasteiger partial charge in [0.25, 0.3) is 6.71 Å². The first kappa shape index (κ1) is 60.7. The molecule has 0 N–H and O–H groups in total. The monoisotopic (exact) mass is 1260 g/mol. The second-order valence-electron chi connectivity index (χ2n) is 33.0. The molecule has 17 rings (SSSR count). The molecule has 97 heavy (non-hydrogen) atoms. The van der Waals surface area contributed by atoms with Crippen molar-refractivity contribution in [3.05, 3.63) is 299 Å². The second-order valence-corrected chi connectivity index (χ2v) is 33.0. The first-order chi connectivity index (χ1) is 46.3. The Hall–Kier alpha value is -9.90. The minimum atomic E-state index is -0.224. The molecule has 0 spiro atoms. The van der Waals surface area contributed by atoms with Crippen molar-refractivity contribution < 1.29 is 0 Å². The topological polar surface area (TPSA) is 9.72 Å². The summed E-state index contributed by atoms with van der Waals surface area (Å²) < 4.78 is 0. The summed E-state index contributed by atoms with van der Waals surface area (Å²) in [7, 11) is 0. The molecule has 12 aromatic rings. The van der Waals surface area contributed by atoms with Crippen molar-refractivity contribution in [2.24, 2.45) is 0 Å².